The van der Waals surface area contributed by atoms with Crippen molar-refractivity contribution in [1.82, 2.24) is 0 Å². The molecule has 0 fully saturated rings. The molecule has 3 aromatic rings. The minimum absolute atomic E-state index is 0. The first-order chi connectivity index (χ1) is 12.4. The summed E-state index contributed by atoms with van der Waals surface area (Å²) in [5.41, 5.74) is 10.1. The molecule has 0 amide bonds. The van der Waals surface area contributed by atoms with Crippen molar-refractivity contribution in [2.75, 3.05) is 0 Å². The maximum atomic E-state index is 3.34. The Hall–Kier alpha value is -0.877. The van der Waals surface area contributed by atoms with Crippen molar-refractivity contribution in [3.05, 3.63) is 88.5 Å². The molecule has 0 aromatic heterocycles. The van der Waals surface area contributed by atoms with Crippen molar-refractivity contribution in [3.63, 3.8) is 0 Å². The van der Waals surface area contributed by atoms with E-state index in [2.05, 4.69) is 93.4 Å². The summed E-state index contributed by atoms with van der Waals surface area (Å²) in [5.74, 6) is 0. The second kappa shape index (κ2) is 12.0. The van der Waals surface area contributed by atoms with Gasteiger partial charge in [-0.2, -0.15) is 52.6 Å². The van der Waals surface area contributed by atoms with E-state index >= 15 is 0 Å². The molecule has 3 aromatic carbocycles. The molecule has 0 nitrogen and oxygen atoms in total. The summed E-state index contributed by atoms with van der Waals surface area (Å²) in [4.78, 5) is 0. The van der Waals surface area contributed by atoms with Crippen LogP contribution in [0, 0.1) is 19.9 Å². The zero-order chi connectivity index (χ0) is 19.3. The zero-order valence-electron chi connectivity index (χ0n) is 17.4. The average molecular weight is 491 g/mol. The molecule has 0 saturated heterocycles. The van der Waals surface area contributed by atoms with E-state index in [9.17, 15) is 0 Å². The van der Waals surface area contributed by atoms with Crippen LogP contribution in [0.1, 0.15) is 48.6 Å². The molecule has 0 unspecified atom stereocenters. The summed E-state index contributed by atoms with van der Waals surface area (Å²) < 4.78 is 3.34. The van der Waals surface area contributed by atoms with Gasteiger partial charge in [0.25, 0.3) is 0 Å². The van der Waals surface area contributed by atoms with E-state index in [0.717, 1.165) is 6.42 Å². The SMILES string of the molecule is Cc1cc(C(C)(C)C)c(C)[cH-]1.[CH2]=[Zr+2].[Cl-].[Cl-].[c-]1cccc2c1Cc1ccccc1-2. The van der Waals surface area contributed by atoms with Crippen LogP contribution in [0.15, 0.2) is 54.6 Å². The van der Waals surface area contributed by atoms with E-state index in [1.54, 1.807) is 0 Å². The Morgan fingerprint density at radius 2 is 1.57 bits per heavy atom. The average Bonchev–Trinajstić information content (AvgIpc) is 3.16. The summed E-state index contributed by atoms with van der Waals surface area (Å²) >= 11 is 1.30. The van der Waals surface area contributed by atoms with E-state index in [1.165, 1.54) is 63.2 Å². The van der Waals surface area contributed by atoms with Crippen molar-refractivity contribution in [3.8, 4) is 11.1 Å². The van der Waals surface area contributed by atoms with Gasteiger partial charge in [-0.3, -0.25) is 0 Å². The molecule has 4 rings (SSSR count). The van der Waals surface area contributed by atoms with Gasteiger partial charge >= 0.3 is 28.4 Å². The van der Waals surface area contributed by atoms with Gasteiger partial charge in [-0.05, 0) is 6.42 Å². The van der Waals surface area contributed by atoms with Gasteiger partial charge in [-0.25, -0.2) is 6.07 Å². The maximum Gasteiger partial charge on any atom is -0.0253 e. The maximum absolute atomic E-state index is 3.34. The van der Waals surface area contributed by atoms with Crippen LogP contribution in [0.4, 0.5) is 0 Å². The molecule has 1 aliphatic rings. The van der Waals surface area contributed by atoms with Gasteiger partial charge in [0.1, 0.15) is 0 Å². The van der Waals surface area contributed by atoms with Gasteiger partial charge in [0.2, 0.25) is 0 Å². The number of hydrogen-bond acceptors (Lipinski definition) is 0. The number of aryl methyl sites for hydroxylation is 2. The fourth-order valence-electron chi connectivity index (χ4n) is 3.61. The van der Waals surface area contributed by atoms with Gasteiger partial charge in [-0.15, -0.1) is 5.56 Å². The molecular weight excluding hydrogens is 462 g/mol. The van der Waals surface area contributed by atoms with Crippen molar-refractivity contribution in [2.45, 2.75) is 46.5 Å². The normalized spacial score (nSPS) is 10.7. The molecule has 148 valence electrons. The van der Waals surface area contributed by atoms with Crippen LogP contribution in [-0.2, 0) is 36.1 Å². The largest absolute Gasteiger partial charge is 1.00 e. The molecular formula is C25H28Cl2Zr-2. The first-order valence-corrected chi connectivity index (χ1v) is 10.8. The fourth-order valence-corrected chi connectivity index (χ4v) is 3.61. The first-order valence-electron chi connectivity index (χ1n) is 9.04. The monoisotopic (exact) mass is 488 g/mol. The van der Waals surface area contributed by atoms with E-state index in [4.69, 9.17) is 0 Å². The first kappa shape index (κ1) is 27.1. The van der Waals surface area contributed by atoms with E-state index in [1.807, 2.05) is 6.07 Å². The molecule has 0 atom stereocenters. The standard InChI is InChI=1S/C13H9.C11H17.CH2.2ClH.Zr/c1-3-7-12-10(5-1)9-11-6-2-4-8-13(11)12;1-8-6-9(2)10(7-8)11(3,4)5;;;;/h1-5,7-8H,9H2;6-7H,1-5H3;1H2;2*1H;/q2*-1;;;;+2/p-2. The second-order valence-corrected chi connectivity index (χ2v) is 7.78. The third kappa shape index (κ3) is 6.58. The van der Waals surface area contributed by atoms with Crippen LogP contribution < -0.4 is 24.8 Å². The topological polar surface area (TPSA) is 0 Å². The fraction of sp³-hybridized carbons (Fsp3) is 0.280. The van der Waals surface area contributed by atoms with E-state index in [0.29, 0.717) is 5.41 Å². The predicted octanol–water partition coefficient (Wildman–Crippen LogP) is 0.351. The van der Waals surface area contributed by atoms with Crippen LogP contribution in [0.5, 0.6) is 0 Å². The molecule has 0 saturated carbocycles. The van der Waals surface area contributed by atoms with Crippen molar-refractivity contribution < 1.29 is 49.0 Å². The number of fused-ring (bicyclic) bond motifs is 3. The third-order valence-electron chi connectivity index (χ3n) is 4.67. The predicted molar refractivity (Wildman–Crippen MR) is 111 cm³/mol. The molecule has 0 spiro atoms. The van der Waals surface area contributed by atoms with E-state index in [-0.39, 0.29) is 24.8 Å². The Morgan fingerprint density at radius 3 is 2.11 bits per heavy atom. The van der Waals surface area contributed by atoms with Crippen LogP contribution in [-0.4, -0.2) is 4.21 Å². The molecule has 1 aliphatic carbocycles. The van der Waals surface area contributed by atoms with Gasteiger partial charge in [0.15, 0.2) is 0 Å². The van der Waals surface area contributed by atoms with Crippen molar-refractivity contribution in [1.29, 1.82) is 0 Å². The van der Waals surface area contributed by atoms with Crippen molar-refractivity contribution >= 4 is 4.21 Å². The van der Waals surface area contributed by atoms with Gasteiger partial charge in [0.05, 0.1) is 0 Å². The van der Waals surface area contributed by atoms with Gasteiger partial charge < -0.3 is 24.8 Å². The van der Waals surface area contributed by atoms with Crippen LogP contribution >= 0.6 is 0 Å². The van der Waals surface area contributed by atoms with Crippen LogP contribution in [0.2, 0.25) is 0 Å². The summed E-state index contributed by atoms with van der Waals surface area (Å²) in [6, 6.07) is 22.6. The Labute approximate surface area is 198 Å². The molecule has 28 heavy (non-hydrogen) atoms. The van der Waals surface area contributed by atoms with Gasteiger partial charge in [-0.1, -0.05) is 75.4 Å². The molecule has 0 heterocycles. The third-order valence-corrected chi connectivity index (χ3v) is 4.67. The summed E-state index contributed by atoms with van der Waals surface area (Å²) in [7, 11) is 0. The molecule has 0 radical (unpaired) electrons. The second-order valence-electron chi connectivity index (χ2n) is 7.78. The molecule has 0 bridgehead atoms. The number of rotatable bonds is 0. The molecule has 3 heteroatoms. The summed E-state index contributed by atoms with van der Waals surface area (Å²) in [6.07, 6.45) is 1.05. The summed E-state index contributed by atoms with van der Waals surface area (Å²) in [5, 5.41) is 0. The Kier molecular flexibility index (Phi) is 11.6. The summed E-state index contributed by atoms with van der Waals surface area (Å²) in [6.45, 7) is 11.1. The van der Waals surface area contributed by atoms with Gasteiger partial charge in [0, 0.05) is 0 Å². The van der Waals surface area contributed by atoms with Crippen LogP contribution in [0.3, 0.4) is 0 Å². The Bertz CT molecular complexity index is 829. The smallest absolute Gasteiger partial charge is 0.0253 e. The zero-order valence-corrected chi connectivity index (χ0v) is 21.3. The minimum Gasteiger partial charge on any atom is -1.00 e. The Morgan fingerprint density at radius 1 is 0.964 bits per heavy atom. The minimum atomic E-state index is 0. The van der Waals surface area contributed by atoms with Crippen LogP contribution in [0.25, 0.3) is 11.1 Å². The molecule has 0 N–H and O–H groups in total. The number of halogens is 2. The Balaban J connectivity index is 0.000000455. The van der Waals surface area contributed by atoms with E-state index < -0.39 is 0 Å². The molecule has 0 aliphatic heterocycles. The van der Waals surface area contributed by atoms with Crippen molar-refractivity contribution in [2.24, 2.45) is 0 Å². The number of hydrogen-bond donors (Lipinski definition) is 0. The quantitative estimate of drug-likeness (QED) is 0.312. The number of benzene rings is 2.